The molecule has 0 unspecified atom stereocenters. The maximum absolute atomic E-state index is 13.9. The molecular formula is C22H24Cl2FN5O2. The quantitative estimate of drug-likeness (QED) is 0.385. The summed E-state index contributed by atoms with van der Waals surface area (Å²) >= 11 is 0. The topological polar surface area (TPSA) is 85.2 Å². The summed E-state index contributed by atoms with van der Waals surface area (Å²) in [5.41, 5.74) is 3.60. The minimum atomic E-state index is -0.385. The van der Waals surface area contributed by atoms with Crippen LogP contribution in [0.3, 0.4) is 0 Å². The lowest BCUT2D eigenvalue weighted by atomic mass is 10.0. The van der Waals surface area contributed by atoms with Crippen LogP contribution in [0.4, 0.5) is 10.1 Å². The number of fused-ring (bicyclic) bond motifs is 2. The molecule has 0 atom stereocenters. The number of hydrogen-bond acceptors (Lipinski definition) is 6. The van der Waals surface area contributed by atoms with Crippen molar-refractivity contribution in [2.24, 2.45) is 10.1 Å². The van der Waals surface area contributed by atoms with E-state index in [9.17, 15) is 9.50 Å². The Hall–Kier alpha value is -2.65. The van der Waals surface area contributed by atoms with E-state index in [-0.39, 0.29) is 36.5 Å². The number of H-pyrrole nitrogens is 1. The van der Waals surface area contributed by atoms with E-state index in [1.165, 1.54) is 12.1 Å². The molecule has 7 nitrogen and oxygen atoms in total. The summed E-state index contributed by atoms with van der Waals surface area (Å²) in [4.78, 5) is 15.5. The van der Waals surface area contributed by atoms with E-state index in [1.807, 2.05) is 24.3 Å². The largest absolute Gasteiger partial charge is 0.494 e. The number of aromatic nitrogens is 1. The number of nitrogens with zero attached hydrogens (tertiary/aromatic N) is 3. The van der Waals surface area contributed by atoms with Gasteiger partial charge in [0.2, 0.25) is 0 Å². The highest BCUT2D eigenvalue weighted by Gasteiger charge is 2.29. The summed E-state index contributed by atoms with van der Waals surface area (Å²) in [6.45, 7) is 5.18. The number of hydrogen-bond donors (Lipinski definition) is 3. The molecule has 32 heavy (non-hydrogen) atoms. The average molecular weight is 480 g/mol. The second-order valence-electron chi connectivity index (χ2n) is 7.38. The van der Waals surface area contributed by atoms with E-state index in [0.29, 0.717) is 34.5 Å². The Labute approximate surface area is 197 Å². The Kier molecular flexibility index (Phi) is 7.73. The molecule has 1 aromatic heterocycles. The number of aromatic amines is 1. The van der Waals surface area contributed by atoms with Gasteiger partial charge in [-0.3, -0.25) is 4.90 Å². The lowest BCUT2D eigenvalue weighted by Gasteiger charge is -2.26. The van der Waals surface area contributed by atoms with Crippen LogP contribution in [0, 0.1) is 5.82 Å². The number of nitrogens with one attached hydrogen (secondary N) is 2. The summed E-state index contributed by atoms with van der Waals surface area (Å²) in [5, 5.41) is 18.8. The molecule has 0 amide bonds. The Morgan fingerprint density at radius 3 is 2.72 bits per heavy atom. The molecule has 0 spiro atoms. The zero-order valence-electron chi connectivity index (χ0n) is 17.2. The van der Waals surface area contributed by atoms with Crippen molar-refractivity contribution >= 4 is 52.8 Å². The van der Waals surface area contributed by atoms with E-state index in [0.717, 1.165) is 44.0 Å². The third-order valence-electron chi connectivity index (χ3n) is 5.46. The van der Waals surface area contributed by atoms with Gasteiger partial charge in [-0.1, -0.05) is 23.4 Å². The van der Waals surface area contributed by atoms with Gasteiger partial charge < -0.3 is 20.2 Å². The highest BCUT2D eigenvalue weighted by molar-refractivity contribution is 6.58. The van der Waals surface area contributed by atoms with Gasteiger partial charge in [-0.05, 0) is 24.3 Å². The second kappa shape index (κ2) is 10.3. The Morgan fingerprint density at radius 2 is 1.91 bits per heavy atom. The zero-order chi connectivity index (χ0) is 20.5. The molecule has 0 bridgehead atoms. The monoisotopic (exact) mass is 479 g/mol. The fraction of sp³-hybridized carbons (Fsp3) is 0.273. The summed E-state index contributed by atoms with van der Waals surface area (Å²) in [7, 11) is 0. The normalized spacial score (nSPS) is 16.9. The number of aromatic hydroxyl groups is 1. The van der Waals surface area contributed by atoms with Gasteiger partial charge in [-0.15, -0.1) is 24.8 Å². The van der Waals surface area contributed by atoms with E-state index < -0.39 is 0 Å². The molecule has 3 heterocycles. The first-order valence-corrected chi connectivity index (χ1v) is 10.0. The predicted molar refractivity (Wildman–Crippen MR) is 129 cm³/mol. The van der Waals surface area contributed by atoms with Crippen LogP contribution in [-0.2, 0) is 4.84 Å². The lowest BCUT2D eigenvalue weighted by Crippen LogP contribution is -2.44. The molecule has 1 saturated heterocycles. The Morgan fingerprint density at radius 1 is 1.12 bits per heavy atom. The van der Waals surface area contributed by atoms with Crippen LogP contribution in [0.15, 0.2) is 52.6 Å². The molecule has 3 N–H and O–H groups in total. The van der Waals surface area contributed by atoms with Crippen molar-refractivity contribution in [1.29, 1.82) is 0 Å². The summed E-state index contributed by atoms with van der Waals surface area (Å²) < 4.78 is 13.9. The SMILES string of the molecule is Cl.Cl.Oc1[nH]c2ccc(F)cc2c1C1=Nc2ccccc2/C1=N\OCCN1CCNCC1. The molecule has 0 aliphatic carbocycles. The van der Waals surface area contributed by atoms with Crippen LogP contribution in [0.25, 0.3) is 10.9 Å². The number of benzene rings is 2. The van der Waals surface area contributed by atoms with E-state index in [4.69, 9.17) is 4.84 Å². The second-order valence-corrected chi connectivity index (χ2v) is 7.38. The summed E-state index contributed by atoms with van der Waals surface area (Å²) in [6.07, 6.45) is 0. The highest BCUT2D eigenvalue weighted by Crippen LogP contribution is 2.35. The number of rotatable bonds is 5. The number of piperazine rings is 1. The number of oxime groups is 1. The van der Waals surface area contributed by atoms with Crippen molar-refractivity contribution < 1.29 is 14.3 Å². The Balaban J connectivity index is 0.00000144. The van der Waals surface area contributed by atoms with Crippen LogP contribution in [0.2, 0.25) is 0 Å². The third-order valence-corrected chi connectivity index (χ3v) is 5.46. The van der Waals surface area contributed by atoms with Crippen LogP contribution >= 0.6 is 24.8 Å². The van der Waals surface area contributed by atoms with Gasteiger partial charge in [0.15, 0.2) is 5.88 Å². The van der Waals surface area contributed by atoms with Crippen LogP contribution < -0.4 is 5.32 Å². The van der Waals surface area contributed by atoms with Crippen molar-refractivity contribution in [1.82, 2.24) is 15.2 Å². The fourth-order valence-electron chi connectivity index (χ4n) is 3.94. The summed E-state index contributed by atoms with van der Waals surface area (Å²) in [6, 6.07) is 11.9. The minimum absolute atomic E-state index is 0. The first-order chi connectivity index (χ1) is 14.7. The molecule has 3 aromatic rings. The lowest BCUT2D eigenvalue weighted by molar-refractivity contribution is 0.106. The third kappa shape index (κ3) is 4.59. The van der Waals surface area contributed by atoms with Crippen molar-refractivity contribution in [3.05, 3.63) is 59.4 Å². The zero-order valence-corrected chi connectivity index (χ0v) is 18.8. The molecule has 2 aliphatic rings. The highest BCUT2D eigenvalue weighted by atomic mass is 35.5. The Bertz CT molecular complexity index is 1160. The first kappa shape index (κ1) is 24.0. The number of para-hydroxylation sites is 1. The van der Waals surface area contributed by atoms with E-state index in [2.05, 4.69) is 25.3 Å². The van der Waals surface area contributed by atoms with Crippen LogP contribution in [0.5, 0.6) is 5.88 Å². The molecular weight excluding hydrogens is 456 g/mol. The van der Waals surface area contributed by atoms with Crippen LogP contribution in [0.1, 0.15) is 11.1 Å². The molecule has 5 rings (SSSR count). The summed E-state index contributed by atoms with van der Waals surface area (Å²) in [5.74, 6) is -0.458. The molecule has 0 saturated carbocycles. The average Bonchev–Trinajstić information content (AvgIpc) is 3.28. The smallest absolute Gasteiger partial charge is 0.199 e. The fourth-order valence-corrected chi connectivity index (χ4v) is 3.94. The van der Waals surface area contributed by atoms with Gasteiger partial charge in [0.25, 0.3) is 0 Å². The maximum atomic E-state index is 13.9. The van der Waals surface area contributed by atoms with Gasteiger partial charge in [-0.25, -0.2) is 9.38 Å². The van der Waals surface area contributed by atoms with Gasteiger partial charge in [-0.2, -0.15) is 0 Å². The van der Waals surface area contributed by atoms with Crippen molar-refractivity contribution in [3.63, 3.8) is 0 Å². The van der Waals surface area contributed by atoms with Crippen molar-refractivity contribution in [2.45, 2.75) is 0 Å². The van der Waals surface area contributed by atoms with Gasteiger partial charge in [0, 0.05) is 49.2 Å². The van der Waals surface area contributed by atoms with Gasteiger partial charge in [0.1, 0.15) is 23.8 Å². The number of halogens is 3. The minimum Gasteiger partial charge on any atom is -0.494 e. The first-order valence-electron chi connectivity index (χ1n) is 10.0. The molecule has 2 aromatic carbocycles. The van der Waals surface area contributed by atoms with Gasteiger partial charge >= 0.3 is 0 Å². The molecule has 10 heteroatoms. The van der Waals surface area contributed by atoms with Gasteiger partial charge in [0.05, 0.1) is 11.3 Å². The van der Waals surface area contributed by atoms with Crippen molar-refractivity contribution in [2.75, 3.05) is 39.3 Å². The molecule has 1 fully saturated rings. The van der Waals surface area contributed by atoms with E-state index >= 15 is 0 Å². The molecule has 0 radical (unpaired) electrons. The number of aliphatic imine (C=N–C) groups is 1. The van der Waals surface area contributed by atoms with E-state index in [1.54, 1.807) is 6.07 Å². The van der Waals surface area contributed by atoms with Crippen LogP contribution in [-0.4, -0.2) is 65.7 Å². The van der Waals surface area contributed by atoms with Crippen molar-refractivity contribution in [3.8, 4) is 5.88 Å². The predicted octanol–water partition coefficient (Wildman–Crippen LogP) is 3.62. The standard InChI is InChI=1S/C22H22FN5O2.2ClH/c23-14-5-6-18-16(13-14)19(22(29)26-18)21-20(15-3-1-2-4-17(15)25-21)27-30-12-11-28-9-7-24-8-10-28;;/h1-6,13,24,26,29H,7-12H2;2*1H/b27-20+;;. The molecule has 2 aliphatic heterocycles. The molecule has 170 valence electrons. The maximum Gasteiger partial charge on any atom is 0.199 e.